The number of hydrogen-bond donors (Lipinski definition) is 0. The zero-order valence-corrected chi connectivity index (χ0v) is 7.85. The number of allylic oxidation sites excluding steroid dienone is 2. The van der Waals surface area contributed by atoms with Gasteiger partial charge in [0.25, 0.3) is 0 Å². The predicted molar refractivity (Wildman–Crippen MR) is 58.6 cm³/mol. The fraction of sp³-hybridized carbons (Fsp3) is 0.0769. The van der Waals surface area contributed by atoms with E-state index in [0.29, 0.717) is 0 Å². The van der Waals surface area contributed by atoms with E-state index in [4.69, 9.17) is 0 Å². The van der Waals surface area contributed by atoms with Gasteiger partial charge >= 0.3 is 0 Å². The van der Waals surface area contributed by atoms with E-state index in [0.717, 1.165) is 6.54 Å². The highest BCUT2D eigenvalue weighted by atomic mass is 15.1. The molecule has 0 radical (unpaired) electrons. The third kappa shape index (κ3) is 1.02. The van der Waals surface area contributed by atoms with Crippen LogP contribution in [0.15, 0.2) is 48.7 Å². The van der Waals surface area contributed by atoms with Gasteiger partial charge in [-0.05, 0) is 17.4 Å². The maximum atomic E-state index is 2.27. The Balaban J connectivity index is 2.40. The largest absolute Gasteiger partial charge is 0.344 e. The topological polar surface area (TPSA) is 3.24 Å². The molecule has 2 aliphatic heterocycles. The Kier molecular flexibility index (Phi) is 1.57. The van der Waals surface area contributed by atoms with Crippen LogP contribution >= 0.6 is 0 Å². The number of hydrogen-bond acceptors (Lipinski definition) is 1. The Morgan fingerprint density at radius 1 is 1.07 bits per heavy atom. The average Bonchev–Trinajstić information content (AvgIpc) is 2.29. The number of nitrogens with zero attached hydrogens (tertiary/aromatic N) is 1. The summed E-state index contributed by atoms with van der Waals surface area (Å²) in [5, 5.41) is 2.68. The van der Waals surface area contributed by atoms with Gasteiger partial charge in [-0.25, -0.2) is 0 Å². The van der Waals surface area contributed by atoms with Gasteiger partial charge in [0, 0.05) is 23.7 Å². The highest BCUT2D eigenvalue weighted by Crippen LogP contribution is 2.12. The third-order valence-corrected chi connectivity index (χ3v) is 2.69. The van der Waals surface area contributed by atoms with Gasteiger partial charge in [0.15, 0.2) is 0 Å². The van der Waals surface area contributed by atoms with E-state index in [1.807, 2.05) is 0 Å². The van der Waals surface area contributed by atoms with E-state index in [-0.39, 0.29) is 0 Å². The molecule has 0 atom stereocenters. The molecule has 0 aliphatic carbocycles. The van der Waals surface area contributed by atoms with Gasteiger partial charge in [0.2, 0.25) is 0 Å². The SMILES string of the molecule is C1=CC2=c3ccccc3=CCN2C=C1. The first-order valence-electron chi connectivity index (χ1n) is 4.86. The molecule has 14 heavy (non-hydrogen) atoms. The second-order valence-electron chi connectivity index (χ2n) is 3.53. The van der Waals surface area contributed by atoms with Crippen LogP contribution in [0.1, 0.15) is 0 Å². The van der Waals surface area contributed by atoms with Crippen molar-refractivity contribution in [1.82, 2.24) is 4.90 Å². The Labute approximate surface area is 83.0 Å². The van der Waals surface area contributed by atoms with Crippen molar-refractivity contribution in [3.63, 3.8) is 0 Å². The molecule has 3 rings (SSSR count). The lowest BCUT2D eigenvalue weighted by Crippen LogP contribution is -2.37. The first-order valence-corrected chi connectivity index (χ1v) is 4.86. The van der Waals surface area contributed by atoms with Gasteiger partial charge in [0.1, 0.15) is 0 Å². The molecule has 2 aliphatic rings. The summed E-state index contributed by atoms with van der Waals surface area (Å²) >= 11 is 0. The van der Waals surface area contributed by atoms with Gasteiger partial charge in [-0.15, -0.1) is 0 Å². The minimum absolute atomic E-state index is 0.979. The Hall–Kier alpha value is -1.76. The van der Waals surface area contributed by atoms with Crippen LogP contribution in [-0.4, -0.2) is 11.4 Å². The van der Waals surface area contributed by atoms with Crippen molar-refractivity contribution in [2.24, 2.45) is 0 Å². The second kappa shape index (κ2) is 2.88. The molecular formula is C13H11N. The summed E-state index contributed by atoms with van der Waals surface area (Å²) in [6.07, 6.45) is 10.7. The van der Waals surface area contributed by atoms with Crippen LogP contribution in [0.5, 0.6) is 0 Å². The van der Waals surface area contributed by atoms with Gasteiger partial charge in [-0.2, -0.15) is 0 Å². The summed E-state index contributed by atoms with van der Waals surface area (Å²) in [5.74, 6) is 0. The lowest BCUT2D eigenvalue weighted by molar-refractivity contribution is 0.597. The standard InChI is InChI=1S/C13H11N/c1-2-6-12-11(5-1)8-10-14-9-4-3-7-13(12)14/h1-9H,10H2. The summed E-state index contributed by atoms with van der Waals surface area (Å²) in [6.45, 7) is 0.979. The average molecular weight is 181 g/mol. The number of fused-ring (bicyclic) bond motifs is 2. The molecule has 0 saturated carbocycles. The molecule has 0 fully saturated rings. The van der Waals surface area contributed by atoms with Crippen molar-refractivity contribution >= 4 is 11.8 Å². The van der Waals surface area contributed by atoms with E-state index in [9.17, 15) is 0 Å². The van der Waals surface area contributed by atoms with Gasteiger partial charge in [-0.1, -0.05) is 36.4 Å². The molecule has 0 N–H and O–H groups in total. The summed E-state index contributed by atoms with van der Waals surface area (Å²) in [6, 6.07) is 8.53. The molecule has 1 heteroatoms. The number of rotatable bonds is 0. The molecule has 0 amide bonds. The zero-order chi connectivity index (χ0) is 9.38. The molecule has 0 saturated heterocycles. The van der Waals surface area contributed by atoms with Gasteiger partial charge < -0.3 is 4.90 Å². The molecule has 1 aromatic rings. The van der Waals surface area contributed by atoms with Gasteiger partial charge in [-0.3, -0.25) is 0 Å². The van der Waals surface area contributed by atoms with E-state index in [1.165, 1.54) is 16.1 Å². The van der Waals surface area contributed by atoms with Crippen molar-refractivity contribution in [2.45, 2.75) is 0 Å². The Bertz CT molecular complexity index is 535. The summed E-state index contributed by atoms with van der Waals surface area (Å²) < 4.78 is 0. The van der Waals surface area contributed by atoms with Crippen molar-refractivity contribution in [3.8, 4) is 0 Å². The highest BCUT2D eigenvalue weighted by molar-refractivity contribution is 5.62. The van der Waals surface area contributed by atoms with Crippen LogP contribution in [0.4, 0.5) is 0 Å². The Morgan fingerprint density at radius 3 is 3.00 bits per heavy atom. The lowest BCUT2D eigenvalue weighted by atomic mass is 10.1. The quantitative estimate of drug-likeness (QED) is 0.576. The van der Waals surface area contributed by atoms with Crippen LogP contribution in [0.2, 0.25) is 0 Å². The van der Waals surface area contributed by atoms with Crippen molar-refractivity contribution < 1.29 is 0 Å². The smallest absolute Gasteiger partial charge is 0.0488 e. The van der Waals surface area contributed by atoms with Crippen molar-refractivity contribution in [2.75, 3.05) is 6.54 Å². The molecule has 0 unspecified atom stereocenters. The lowest BCUT2D eigenvalue weighted by Gasteiger charge is -2.25. The van der Waals surface area contributed by atoms with Crippen LogP contribution in [0.3, 0.4) is 0 Å². The van der Waals surface area contributed by atoms with E-state index >= 15 is 0 Å². The molecule has 1 nitrogen and oxygen atoms in total. The summed E-state index contributed by atoms with van der Waals surface area (Å²) in [4.78, 5) is 2.27. The summed E-state index contributed by atoms with van der Waals surface area (Å²) in [7, 11) is 0. The third-order valence-electron chi connectivity index (χ3n) is 2.69. The highest BCUT2D eigenvalue weighted by Gasteiger charge is 2.09. The molecule has 2 heterocycles. The van der Waals surface area contributed by atoms with Crippen LogP contribution in [0, 0.1) is 0 Å². The van der Waals surface area contributed by atoms with Crippen LogP contribution < -0.4 is 10.4 Å². The maximum Gasteiger partial charge on any atom is 0.0488 e. The number of benzene rings is 1. The molecule has 68 valence electrons. The van der Waals surface area contributed by atoms with Crippen molar-refractivity contribution in [3.05, 3.63) is 59.1 Å². The van der Waals surface area contributed by atoms with E-state index in [2.05, 4.69) is 59.7 Å². The molecule has 1 aromatic carbocycles. The van der Waals surface area contributed by atoms with Crippen molar-refractivity contribution in [1.29, 1.82) is 0 Å². The molecule has 0 aromatic heterocycles. The minimum atomic E-state index is 0.979. The predicted octanol–water partition coefficient (Wildman–Crippen LogP) is 0.974. The molecular weight excluding hydrogens is 170 g/mol. The Morgan fingerprint density at radius 2 is 2.00 bits per heavy atom. The molecule has 0 spiro atoms. The van der Waals surface area contributed by atoms with E-state index < -0.39 is 0 Å². The van der Waals surface area contributed by atoms with E-state index in [1.54, 1.807) is 0 Å². The first kappa shape index (κ1) is 7.63. The fourth-order valence-electron chi connectivity index (χ4n) is 1.98. The van der Waals surface area contributed by atoms with Crippen LogP contribution in [0.25, 0.3) is 11.8 Å². The monoisotopic (exact) mass is 181 g/mol. The second-order valence-corrected chi connectivity index (χ2v) is 3.53. The van der Waals surface area contributed by atoms with Crippen LogP contribution in [-0.2, 0) is 0 Å². The fourth-order valence-corrected chi connectivity index (χ4v) is 1.98. The first-order chi connectivity index (χ1) is 6.95. The molecule has 0 bridgehead atoms. The van der Waals surface area contributed by atoms with Gasteiger partial charge in [0.05, 0.1) is 0 Å². The summed E-state index contributed by atoms with van der Waals surface area (Å²) in [5.41, 5.74) is 1.31. The maximum absolute atomic E-state index is 2.27. The zero-order valence-electron chi connectivity index (χ0n) is 7.85. The normalized spacial score (nSPS) is 17.4. The minimum Gasteiger partial charge on any atom is -0.344 e.